The first kappa shape index (κ1) is 14.2. The monoisotopic (exact) mass is 286 g/mol. The van der Waals surface area contributed by atoms with E-state index in [0.717, 1.165) is 44.8 Å². The Morgan fingerprint density at radius 3 is 2.76 bits per heavy atom. The van der Waals surface area contributed by atoms with Gasteiger partial charge >= 0.3 is 0 Å². The Kier molecular flexibility index (Phi) is 4.62. The van der Waals surface area contributed by atoms with E-state index in [1.165, 1.54) is 11.1 Å². The summed E-state index contributed by atoms with van der Waals surface area (Å²) in [5.74, 6) is 1.00. The van der Waals surface area contributed by atoms with Gasteiger partial charge in [-0.2, -0.15) is 0 Å². The van der Waals surface area contributed by atoms with E-state index in [9.17, 15) is 0 Å². The van der Waals surface area contributed by atoms with Crippen molar-refractivity contribution in [1.82, 2.24) is 20.1 Å². The molecule has 0 bridgehead atoms. The van der Waals surface area contributed by atoms with Crippen molar-refractivity contribution in [3.05, 3.63) is 47.5 Å². The average molecular weight is 286 g/mol. The highest BCUT2D eigenvalue weighted by molar-refractivity contribution is 5.33. The molecule has 2 aromatic rings. The van der Waals surface area contributed by atoms with Crippen molar-refractivity contribution in [2.24, 2.45) is 0 Å². The SMILES string of the molecule is COCCCn1cnnc1CNC1Cc2ccccc2C1. The molecule has 1 heterocycles. The van der Waals surface area contributed by atoms with E-state index in [0.29, 0.717) is 6.04 Å². The van der Waals surface area contributed by atoms with Gasteiger partial charge in [-0.1, -0.05) is 24.3 Å². The van der Waals surface area contributed by atoms with Crippen molar-refractivity contribution in [2.45, 2.75) is 38.4 Å². The molecule has 1 aliphatic rings. The number of methoxy groups -OCH3 is 1. The predicted octanol–water partition coefficient (Wildman–Crippen LogP) is 1.57. The molecule has 0 aliphatic heterocycles. The van der Waals surface area contributed by atoms with Crippen LogP contribution in [0.25, 0.3) is 0 Å². The van der Waals surface area contributed by atoms with E-state index < -0.39 is 0 Å². The summed E-state index contributed by atoms with van der Waals surface area (Å²) in [6.07, 6.45) is 4.99. The van der Waals surface area contributed by atoms with Crippen LogP contribution < -0.4 is 5.32 Å². The number of rotatable bonds is 7. The third-order valence-electron chi connectivity index (χ3n) is 4.04. The molecule has 3 rings (SSSR count). The minimum absolute atomic E-state index is 0.506. The highest BCUT2D eigenvalue weighted by Crippen LogP contribution is 2.21. The van der Waals surface area contributed by atoms with Crippen LogP contribution >= 0.6 is 0 Å². The number of aryl methyl sites for hydroxylation is 1. The minimum atomic E-state index is 0.506. The van der Waals surface area contributed by atoms with Crippen LogP contribution in [0.1, 0.15) is 23.4 Å². The molecular weight excluding hydrogens is 264 g/mol. The van der Waals surface area contributed by atoms with Gasteiger partial charge < -0.3 is 14.6 Å². The summed E-state index contributed by atoms with van der Waals surface area (Å²) in [5, 5.41) is 11.8. The molecule has 0 unspecified atom stereocenters. The Balaban J connectivity index is 1.51. The van der Waals surface area contributed by atoms with E-state index in [1.807, 2.05) is 0 Å². The summed E-state index contributed by atoms with van der Waals surface area (Å²) in [5.41, 5.74) is 2.94. The van der Waals surface area contributed by atoms with Gasteiger partial charge in [0.2, 0.25) is 0 Å². The molecule has 1 aliphatic carbocycles. The Bertz CT molecular complexity index is 556. The Labute approximate surface area is 125 Å². The molecule has 112 valence electrons. The number of hydrogen-bond donors (Lipinski definition) is 1. The number of benzene rings is 1. The Morgan fingerprint density at radius 1 is 1.29 bits per heavy atom. The van der Waals surface area contributed by atoms with Crippen LogP contribution in [0.4, 0.5) is 0 Å². The number of aromatic nitrogens is 3. The zero-order valence-corrected chi connectivity index (χ0v) is 12.5. The lowest BCUT2D eigenvalue weighted by Gasteiger charge is -2.12. The maximum absolute atomic E-state index is 5.09. The summed E-state index contributed by atoms with van der Waals surface area (Å²) >= 11 is 0. The zero-order valence-electron chi connectivity index (χ0n) is 12.5. The van der Waals surface area contributed by atoms with Gasteiger partial charge in [0, 0.05) is 26.3 Å². The van der Waals surface area contributed by atoms with Crippen molar-refractivity contribution >= 4 is 0 Å². The van der Waals surface area contributed by atoms with Crippen LogP contribution in [0, 0.1) is 0 Å². The standard InChI is InChI=1S/C16H22N4O/c1-21-8-4-7-20-12-18-19-16(20)11-17-15-9-13-5-2-3-6-14(13)10-15/h2-3,5-6,12,15,17H,4,7-11H2,1H3. The molecule has 0 saturated carbocycles. The molecule has 0 amide bonds. The second-order valence-corrected chi connectivity index (χ2v) is 5.54. The molecular formula is C16H22N4O. The van der Waals surface area contributed by atoms with Gasteiger partial charge in [0.15, 0.2) is 0 Å². The van der Waals surface area contributed by atoms with Crippen LogP contribution in [0.15, 0.2) is 30.6 Å². The number of ether oxygens (including phenoxy) is 1. The number of nitrogens with zero attached hydrogens (tertiary/aromatic N) is 3. The fraction of sp³-hybridized carbons (Fsp3) is 0.500. The number of hydrogen-bond acceptors (Lipinski definition) is 4. The molecule has 21 heavy (non-hydrogen) atoms. The van der Waals surface area contributed by atoms with Gasteiger partial charge in [0.1, 0.15) is 12.2 Å². The average Bonchev–Trinajstić information content (AvgIpc) is 3.11. The molecule has 0 fully saturated rings. The summed E-state index contributed by atoms with van der Waals surface area (Å²) in [4.78, 5) is 0. The zero-order chi connectivity index (χ0) is 14.5. The molecule has 0 atom stereocenters. The van der Waals surface area contributed by atoms with Gasteiger partial charge in [0.25, 0.3) is 0 Å². The molecule has 1 aromatic heterocycles. The van der Waals surface area contributed by atoms with Gasteiger partial charge in [-0.25, -0.2) is 0 Å². The summed E-state index contributed by atoms with van der Waals surface area (Å²) in [6.45, 7) is 2.44. The highest BCUT2D eigenvalue weighted by atomic mass is 16.5. The number of nitrogens with one attached hydrogen (secondary N) is 1. The minimum Gasteiger partial charge on any atom is -0.385 e. The van der Waals surface area contributed by atoms with Crippen LogP contribution in [0.3, 0.4) is 0 Å². The van der Waals surface area contributed by atoms with Gasteiger partial charge in [0.05, 0.1) is 6.54 Å². The normalized spacial score (nSPS) is 14.5. The molecule has 1 aromatic carbocycles. The highest BCUT2D eigenvalue weighted by Gasteiger charge is 2.20. The summed E-state index contributed by atoms with van der Waals surface area (Å²) in [6, 6.07) is 9.20. The molecule has 0 radical (unpaired) electrons. The first-order valence-electron chi connectivity index (χ1n) is 7.52. The smallest absolute Gasteiger partial charge is 0.146 e. The Hall–Kier alpha value is -1.72. The van der Waals surface area contributed by atoms with E-state index in [4.69, 9.17) is 4.74 Å². The predicted molar refractivity (Wildman–Crippen MR) is 81.0 cm³/mol. The van der Waals surface area contributed by atoms with Crippen LogP contribution in [0.5, 0.6) is 0 Å². The molecule has 0 saturated heterocycles. The van der Waals surface area contributed by atoms with E-state index in [2.05, 4.69) is 44.3 Å². The third kappa shape index (κ3) is 3.49. The Morgan fingerprint density at radius 2 is 2.05 bits per heavy atom. The second kappa shape index (κ2) is 6.83. The van der Waals surface area contributed by atoms with Crippen molar-refractivity contribution < 1.29 is 4.74 Å². The van der Waals surface area contributed by atoms with E-state index in [1.54, 1.807) is 13.4 Å². The molecule has 1 N–H and O–H groups in total. The van der Waals surface area contributed by atoms with Crippen molar-refractivity contribution in [3.8, 4) is 0 Å². The van der Waals surface area contributed by atoms with Crippen molar-refractivity contribution in [2.75, 3.05) is 13.7 Å². The van der Waals surface area contributed by atoms with Crippen LogP contribution in [-0.2, 0) is 30.7 Å². The topological polar surface area (TPSA) is 52.0 Å². The van der Waals surface area contributed by atoms with Gasteiger partial charge in [-0.15, -0.1) is 10.2 Å². The van der Waals surface area contributed by atoms with Crippen molar-refractivity contribution in [3.63, 3.8) is 0 Å². The maximum Gasteiger partial charge on any atom is 0.146 e. The fourth-order valence-electron chi connectivity index (χ4n) is 2.92. The van der Waals surface area contributed by atoms with E-state index >= 15 is 0 Å². The van der Waals surface area contributed by atoms with E-state index in [-0.39, 0.29) is 0 Å². The quantitative estimate of drug-likeness (QED) is 0.785. The van der Waals surface area contributed by atoms with Crippen LogP contribution in [-0.4, -0.2) is 34.5 Å². The largest absolute Gasteiger partial charge is 0.385 e. The van der Waals surface area contributed by atoms with Gasteiger partial charge in [-0.05, 0) is 30.4 Å². The van der Waals surface area contributed by atoms with Crippen LogP contribution in [0.2, 0.25) is 0 Å². The molecule has 5 nitrogen and oxygen atoms in total. The first-order valence-corrected chi connectivity index (χ1v) is 7.52. The lowest BCUT2D eigenvalue weighted by atomic mass is 10.1. The maximum atomic E-state index is 5.09. The third-order valence-corrected chi connectivity index (χ3v) is 4.04. The summed E-state index contributed by atoms with van der Waals surface area (Å²) in [7, 11) is 1.73. The molecule has 5 heteroatoms. The second-order valence-electron chi connectivity index (χ2n) is 5.54. The first-order chi connectivity index (χ1) is 10.4. The lowest BCUT2D eigenvalue weighted by Crippen LogP contribution is -2.30. The number of fused-ring (bicyclic) bond motifs is 1. The molecule has 0 spiro atoms. The lowest BCUT2D eigenvalue weighted by molar-refractivity contribution is 0.190. The van der Waals surface area contributed by atoms with Crippen molar-refractivity contribution in [1.29, 1.82) is 0 Å². The fourth-order valence-corrected chi connectivity index (χ4v) is 2.92. The van der Waals surface area contributed by atoms with Gasteiger partial charge in [-0.3, -0.25) is 0 Å². The summed E-state index contributed by atoms with van der Waals surface area (Å²) < 4.78 is 7.19.